The quantitative estimate of drug-likeness (QED) is 0.568. The maximum atomic E-state index is 13.1. The molecule has 2 aromatic carbocycles. The van der Waals surface area contributed by atoms with Crippen molar-refractivity contribution in [3.63, 3.8) is 0 Å². The van der Waals surface area contributed by atoms with Crippen LogP contribution in [0.25, 0.3) is 0 Å². The van der Waals surface area contributed by atoms with Crippen molar-refractivity contribution in [1.82, 2.24) is 0 Å². The third kappa shape index (κ3) is 5.13. The van der Waals surface area contributed by atoms with E-state index in [1.54, 1.807) is 12.1 Å². The van der Waals surface area contributed by atoms with E-state index in [-0.39, 0.29) is 16.7 Å². The van der Waals surface area contributed by atoms with Crippen molar-refractivity contribution >= 4 is 29.1 Å². The van der Waals surface area contributed by atoms with Crippen molar-refractivity contribution in [3.8, 4) is 0 Å². The minimum absolute atomic E-state index is 0.120. The summed E-state index contributed by atoms with van der Waals surface area (Å²) in [5.74, 6) is -0.418. The average molecular weight is 336 g/mol. The summed E-state index contributed by atoms with van der Waals surface area (Å²) in [6.45, 7) is 0.333. The molecule has 21 heavy (non-hydrogen) atoms. The minimum Gasteiger partial charge on any atom is -0.380 e. The monoisotopic (exact) mass is 335 g/mol. The van der Waals surface area contributed by atoms with Crippen molar-refractivity contribution in [1.29, 1.82) is 0 Å². The number of anilines is 1. The first kappa shape index (κ1) is 16.0. The minimum atomic E-state index is -4.30. The lowest BCUT2D eigenvalue weighted by Gasteiger charge is -2.10. The molecule has 0 aliphatic heterocycles. The maximum absolute atomic E-state index is 13.1. The topological polar surface area (TPSA) is 12.0 Å². The standard InChI is InChI=1S/C14H10ClF4NS/c15-12-6-3-10(16)7-13(12)20-8-9-1-4-11(5-2-9)21-14(17,18)19/h1-7,20H,8H2. The zero-order valence-electron chi connectivity index (χ0n) is 10.5. The van der Waals surface area contributed by atoms with Crippen LogP contribution in [0.4, 0.5) is 23.2 Å². The van der Waals surface area contributed by atoms with Crippen LogP contribution in [-0.2, 0) is 6.54 Å². The second-order valence-corrected chi connectivity index (χ2v) is 5.72. The Morgan fingerprint density at radius 2 is 1.71 bits per heavy atom. The summed E-state index contributed by atoms with van der Waals surface area (Å²) in [5, 5.41) is 3.31. The molecule has 1 N–H and O–H groups in total. The zero-order valence-corrected chi connectivity index (χ0v) is 12.1. The van der Waals surface area contributed by atoms with Crippen LogP contribution in [0.1, 0.15) is 5.56 Å². The van der Waals surface area contributed by atoms with Gasteiger partial charge in [-0.3, -0.25) is 0 Å². The Morgan fingerprint density at radius 3 is 2.33 bits per heavy atom. The molecule has 1 nitrogen and oxygen atoms in total. The summed E-state index contributed by atoms with van der Waals surface area (Å²) in [6.07, 6.45) is 0. The van der Waals surface area contributed by atoms with Gasteiger partial charge in [0.15, 0.2) is 0 Å². The molecule has 0 heterocycles. The lowest BCUT2D eigenvalue weighted by Crippen LogP contribution is -2.01. The van der Waals surface area contributed by atoms with E-state index in [1.807, 2.05) is 0 Å². The van der Waals surface area contributed by atoms with E-state index in [2.05, 4.69) is 5.32 Å². The smallest absolute Gasteiger partial charge is 0.380 e. The molecule has 0 saturated heterocycles. The first-order chi connectivity index (χ1) is 9.83. The fraction of sp³-hybridized carbons (Fsp3) is 0.143. The van der Waals surface area contributed by atoms with Gasteiger partial charge in [-0.15, -0.1) is 0 Å². The van der Waals surface area contributed by atoms with Gasteiger partial charge in [-0.1, -0.05) is 23.7 Å². The summed E-state index contributed by atoms with van der Waals surface area (Å²) in [5.41, 5.74) is -3.10. The molecular formula is C14H10ClF4NS. The largest absolute Gasteiger partial charge is 0.446 e. The molecule has 0 aliphatic rings. The normalized spacial score (nSPS) is 11.5. The van der Waals surface area contributed by atoms with Crippen molar-refractivity contribution in [3.05, 3.63) is 58.9 Å². The molecule has 0 saturated carbocycles. The van der Waals surface area contributed by atoms with Crippen LogP contribution >= 0.6 is 23.4 Å². The lowest BCUT2D eigenvalue weighted by molar-refractivity contribution is -0.0328. The SMILES string of the molecule is Fc1ccc(Cl)c(NCc2ccc(SC(F)(F)F)cc2)c1. The number of hydrogen-bond acceptors (Lipinski definition) is 2. The van der Waals surface area contributed by atoms with Crippen LogP contribution in [0.3, 0.4) is 0 Å². The fourth-order valence-electron chi connectivity index (χ4n) is 1.64. The highest BCUT2D eigenvalue weighted by atomic mass is 35.5. The van der Waals surface area contributed by atoms with Crippen LogP contribution in [-0.4, -0.2) is 5.51 Å². The predicted octanol–water partition coefficient (Wildman–Crippen LogP) is 5.70. The molecule has 0 radical (unpaired) electrons. The van der Waals surface area contributed by atoms with E-state index >= 15 is 0 Å². The Hall–Kier alpha value is -1.40. The van der Waals surface area contributed by atoms with Gasteiger partial charge in [0, 0.05) is 11.4 Å². The summed E-state index contributed by atoms with van der Waals surface area (Å²) in [4.78, 5) is 0.120. The summed E-state index contributed by atoms with van der Waals surface area (Å²) in [7, 11) is 0. The Kier molecular flexibility index (Phi) is 5.00. The number of rotatable bonds is 4. The van der Waals surface area contributed by atoms with Crippen molar-refractivity contribution in [2.45, 2.75) is 16.9 Å². The number of hydrogen-bond donors (Lipinski definition) is 1. The highest BCUT2D eigenvalue weighted by Gasteiger charge is 2.28. The van der Waals surface area contributed by atoms with Crippen LogP contribution in [0, 0.1) is 5.82 Å². The Balaban J connectivity index is 1.99. The van der Waals surface area contributed by atoms with Crippen LogP contribution < -0.4 is 5.32 Å². The number of halogens is 5. The van der Waals surface area contributed by atoms with E-state index < -0.39 is 11.3 Å². The predicted molar refractivity (Wildman–Crippen MR) is 77.1 cm³/mol. The zero-order chi connectivity index (χ0) is 15.5. The summed E-state index contributed by atoms with van der Waals surface area (Å²) < 4.78 is 49.7. The van der Waals surface area contributed by atoms with Gasteiger partial charge in [-0.05, 0) is 47.7 Å². The van der Waals surface area contributed by atoms with Gasteiger partial charge in [-0.25, -0.2) is 4.39 Å². The van der Waals surface area contributed by atoms with E-state index in [4.69, 9.17) is 11.6 Å². The summed E-state index contributed by atoms with van der Waals surface area (Å²) >= 11 is 5.74. The van der Waals surface area contributed by atoms with Gasteiger partial charge in [-0.2, -0.15) is 13.2 Å². The summed E-state index contributed by atoms with van der Waals surface area (Å²) in [6, 6.07) is 9.88. The molecule has 0 aliphatic carbocycles. The number of nitrogens with one attached hydrogen (secondary N) is 1. The molecule has 0 aromatic heterocycles. The molecule has 2 aromatic rings. The maximum Gasteiger partial charge on any atom is 0.446 e. The molecule has 0 fully saturated rings. The second kappa shape index (κ2) is 6.58. The number of alkyl halides is 3. The molecule has 0 amide bonds. The number of thioether (sulfide) groups is 1. The van der Waals surface area contributed by atoms with E-state index in [9.17, 15) is 17.6 Å². The van der Waals surface area contributed by atoms with Gasteiger partial charge in [0.2, 0.25) is 0 Å². The third-order valence-electron chi connectivity index (χ3n) is 2.57. The first-order valence-electron chi connectivity index (χ1n) is 5.87. The lowest BCUT2D eigenvalue weighted by atomic mass is 10.2. The second-order valence-electron chi connectivity index (χ2n) is 4.17. The highest BCUT2D eigenvalue weighted by molar-refractivity contribution is 8.00. The highest BCUT2D eigenvalue weighted by Crippen LogP contribution is 2.36. The Labute approximate surface area is 128 Å². The van der Waals surface area contributed by atoms with E-state index in [0.717, 1.165) is 5.56 Å². The van der Waals surface area contributed by atoms with E-state index in [1.165, 1.54) is 30.3 Å². The Morgan fingerprint density at radius 1 is 1.05 bits per heavy atom. The molecule has 0 unspecified atom stereocenters. The first-order valence-corrected chi connectivity index (χ1v) is 7.06. The molecular weight excluding hydrogens is 326 g/mol. The van der Waals surface area contributed by atoms with Crippen LogP contribution in [0.5, 0.6) is 0 Å². The fourth-order valence-corrected chi connectivity index (χ4v) is 2.36. The van der Waals surface area contributed by atoms with E-state index in [0.29, 0.717) is 17.3 Å². The van der Waals surface area contributed by atoms with Gasteiger partial charge >= 0.3 is 5.51 Å². The molecule has 2 rings (SSSR count). The van der Waals surface area contributed by atoms with Crippen molar-refractivity contribution < 1.29 is 17.6 Å². The van der Waals surface area contributed by atoms with Crippen molar-refractivity contribution in [2.75, 3.05) is 5.32 Å². The average Bonchev–Trinajstić information content (AvgIpc) is 2.40. The number of benzene rings is 2. The molecule has 0 bridgehead atoms. The van der Waals surface area contributed by atoms with Gasteiger partial charge < -0.3 is 5.32 Å². The molecule has 0 spiro atoms. The molecule has 0 atom stereocenters. The molecule has 7 heteroatoms. The van der Waals surface area contributed by atoms with Gasteiger partial charge in [0.1, 0.15) is 5.82 Å². The van der Waals surface area contributed by atoms with Crippen LogP contribution in [0.15, 0.2) is 47.4 Å². The third-order valence-corrected chi connectivity index (χ3v) is 3.64. The van der Waals surface area contributed by atoms with Gasteiger partial charge in [0.25, 0.3) is 0 Å². The van der Waals surface area contributed by atoms with Crippen molar-refractivity contribution in [2.24, 2.45) is 0 Å². The van der Waals surface area contributed by atoms with Crippen LogP contribution in [0.2, 0.25) is 5.02 Å². The molecule has 112 valence electrons. The van der Waals surface area contributed by atoms with Gasteiger partial charge in [0.05, 0.1) is 10.7 Å². The Bertz CT molecular complexity index is 613.